The van der Waals surface area contributed by atoms with Crippen LogP contribution in [0.3, 0.4) is 0 Å². The van der Waals surface area contributed by atoms with Crippen molar-refractivity contribution in [2.45, 2.75) is 110 Å². The van der Waals surface area contributed by atoms with E-state index >= 15 is 0 Å². The van der Waals surface area contributed by atoms with Gasteiger partial charge in [-0.05, 0) is 6.42 Å². The van der Waals surface area contributed by atoms with Crippen LogP contribution < -0.4 is 0 Å². The fourth-order valence-corrected chi connectivity index (χ4v) is 3.40. The van der Waals surface area contributed by atoms with E-state index in [-0.39, 0.29) is 35.3 Å². The van der Waals surface area contributed by atoms with E-state index < -0.39 is 10.1 Å². The van der Waals surface area contributed by atoms with Gasteiger partial charge in [0.15, 0.2) is 0 Å². The van der Waals surface area contributed by atoms with E-state index in [4.69, 9.17) is 4.55 Å². The SMILES string of the molecule is CCCCCCCCCCCCCCCCCCS(=O)(=O)O.[NaH]. The zero-order valence-corrected chi connectivity index (χ0v) is 15.5. The van der Waals surface area contributed by atoms with Crippen LogP contribution in [0.15, 0.2) is 0 Å². The summed E-state index contributed by atoms with van der Waals surface area (Å²) in [7, 11) is -3.74. The second-order valence-corrected chi connectivity index (χ2v) is 8.16. The molecule has 0 aromatic carbocycles. The van der Waals surface area contributed by atoms with E-state index in [0.29, 0.717) is 6.42 Å². The van der Waals surface area contributed by atoms with Crippen LogP contribution in [0.1, 0.15) is 110 Å². The maximum absolute atomic E-state index is 10.5. The van der Waals surface area contributed by atoms with Crippen LogP contribution in [-0.4, -0.2) is 48.3 Å². The molecule has 0 spiro atoms. The van der Waals surface area contributed by atoms with Gasteiger partial charge >= 0.3 is 29.6 Å². The van der Waals surface area contributed by atoms with Crippen LogP contribution in [0.2, 0.25) is 0 Å². The van der Waals surface area contributed by atoms with Gasteiger partial charge in [-0.1, -0.05) is 103 Å². The third kappa shape index (κ3) is 25.3. The molecule has 0 saturated heterocycles. The van der Waals surface area contributed by atoms with Gasteiger partial charge in [0.2, 0.25) is 0 Å². The second-order valence-electron chi connectivity index (χ2n) is 6.59. The van der Waals surface area contributed by atoms with E-state index in [9.17, 15) is 8.42 Å². The van der Waals surface area contributed by atoms with Crippen molar-refractivity contribution >= 4 is 39.7 Å². The van der Waals surface area contributed by atoms with Crippen molar-refractivity contribution < 1.29 is 13.0 Å². The average molecular weight is 359 g/mol. The van der Waals surface area contributed by atoms with Crippen molar-refractivity contribution in [3.05, 3.63) is 0 Å². The molecule has 0 aliphatic heterocycles. The number of rotatable bonds is 17. The first-order valence-corrected chi connectivity index (χ1v) is 11.1. The molecule has 0 aromatic heterocycles. The molecule has 5 heteroatoms. The Morgan fingerprint density at radius 3 is 1.09 bits per heavy atom. The molecule has 0 amide bonds. The molecule has 23 heavy (non-hydrogen) atoms. The van der Waals surface area contributed by atoms with Crippen molar-refractivity contribution in [1.29, 1.82) is 0 Å². The van der Waals surface area contributed by atoms with Gasteiger partial charge in [0, 0.05) is 0 Å². The molecule has 0 aromatic rings. The number of unbranched alkanes of at least 4 members (excludes halogenated alkanes) is 15. The average Bonchev–Trinajstić information content (AvgIpc) is 2.45. The summed E-state index contributed by atoms with van der Waals surface area (Å²) in [6, 6.07) is 0. The molecular weight excluding hydrogens is 319 g/mol. The second kappa shape index (κ2) is 19.2. The fraction of sp³-hybridized carbons (Fsp3) is 1.00. The topological polar surface area (TPSA) is 54.4 Å². The molecule has 136 valence electrons. The van der Waals surface area contributed by atoms with E-state index in [1.165, 1.54) is 83.5 Å². The third-order valence-corrected chi connectivity index (χ3v) is 5.06. The van der Waals surface area contributed by atoms with E-state index in [1.807, 2.05) is 0 Å². The summed E-state index contributed by atoms with van der Waals surface area (Å²) in [4.78, 5) is 0. The van der Waals surface area contributed by atoms with Crippen LogP contribution in [-0.2, 0) is 10.1 Å². The van der Waals surface area contributed by atoms with Gasteiger partial charge < -0.3 is 0 Å². The van der Waals surface area contributed by atoms with Gasteiger partial charge in [0.1, 0.15) is 0 Å². The molecule has 0 saturated carbocycles. The van der Waals surface area contributed by atoms with Crippen LogP contribution in [0.4, 0.5) is 0 Å². The summed E-state index contributed by atoms with van der Waals surface area (Å²) < 4.78 is 29.7. The Bertz CT molecular complexity index is 318. The molecular formula is C18H39NaO3S. The predicted molar refractivity (Wildman–Crippen MR) is 103 cm³/mol. The summed E-state index contributed by atoms with van der Waals surface area (Å²) in [6.45, 7) is 2.26. The Morgan fingerprint density at radius 2 is 0.826 bits per heavy atom. The van der Waals surface area contributed by atoms with E-state index in [0.717, 1.165) is 12.8 Å². The minimum atomic E-state index is -3.74. The summed E-state index contributed by atoms with van der Waals surface area (Å²) in [6.07, 6.45) is 20.3. The van der Waals surface area contributed by atoms with Gasteiger partial charge in [-0.25, -0.2) is 0 Å². The van der Waals surface area contributed by atoms with Gasteiger partial charge in [0.05, 0.1) is 5.75 Å². The fourth-order valence-electron chi connectivity index (χ4n) is 2.83. The Kier molecular flexibility index (Phi) is 21.9. The Balaban J connectivity index is 0. The first-order valence-electron chi connectivity index (χ1n) is 9.51. The first-order chi connectivity index (χ1) is 10.6. The number of hydrogen-bond donors (Lipinski definition) is 1. The summed E-state index contributed by atoms with van der Waals surface area (Å²) in [5, 5.41) is 0. The van der Waals surface area contributed by atoms with Crippen LogP contribution in [0.5, 0.6) is 0 Å². The number of hydrogen-bond acceptors (Lipinski definition) is 2. The van der Waals surface area contributed by atoms with E-state index in [2.05, 4.69) is 6.92 Å². The molecule has 0 atom stereocenters. The standard InChI is InChI=1S/C18H38O3S.Na.H/c1-2-3-4-5-6-7-8-9-10-11-12-13-14-15-16-17-18-22(19,20)21;;/h2-18H2,1H3,(H,19,20,21);;. The minimum absolute atomic E-state index is 0. The monoisotopic (exact) mass is 358 g/mol. The van der Waals surface area contributed by atoms with Crippen molar-refractivity contribution in [3.8, 4) is 0 Å². The third-order valence-electron chi connectivity index (χ3n) is 4.26. The quantitative estimate of drug-likeness (QED) is 0.212. The van der Waals surface area contributed by atoms with Crippen molar-refractivity contribution in [2.24, 2.45) is 0 Å². The molecule has 0 aliphatic rings. The summed E-state index contributed by atoms with van der Waals surface area (Å²) in [5.74, 6) is -0.0779. The summed E-state index contributed by atoms with van der Waals surface area (Å²) >= 11 is 0. The Labute approximate surface area is 167 Å². The normalized spacial score (nSPS) is 11.4. The maximum atomic E-state index is 10.5. The van der Waals surface area contributed by atoms with Crippen LogP contribution >= 0.6 is 0 Å². The molecule has 1 N–H and O–H groups in total. The molecule has 0 heterocycles. The molecule has 0 radical (unpaired) electrons. The van der Waals surface area contributed by atoms with Crippen molar-refractivity contribution in [3.63, 3.8) is 0 Å². The van der Waals surface area contributed by atoms with Crippen molar-refractivity contribution in [1.82, 2.24) is 0 Å². The first kappa shape index (κ1) is 26.1. The van der Waals surface area contributed by atoms with Crippen LogP contribution in [0.25, 0.3) is 0 Å². The molecule has 0 bridgehead atoms. The Hall–Kier alpha value is 0.910. The van der Waals surface area contributed by atoms with Gasteiger partial charge in [0.25, 0.3) is 10.1 Å². The summed E-state index contributed by atoms with van der Waals surface area (Å²) in [5.41, 5.74) is 0. The molecule has 3 nitrogen and oxygen atoms in total. The van der Waals surface area contributed by atoms with Gasteiger partial charge in [-0.15, -0.1) is 0 Å². The zero-order valence-electron chi connectivity index (χ0n) is 14.7. The Morgan fingerprint density at radius 1 is 0.565 bits per heavy atom. The molecule has 0 rings (SSSR count). The zero-order chi connectivity index (χ0) is 16.5. The molecule has 0 fully saturated rings. The van der Waals surface area contributed by atoms with Crippen molar-refractivity contribution in [2.75, 3.05) is 5.75 Å². The molecule has 0 aliphatic carbocycles. The predicted octanol–water partition coefficient (Wildman–Crippen LogP) is 5.49. The van der Waals surface area contributed by atoms with E-state index in [1.54, 1.807) is 0 Å². The van der Waals surface area contributed by atoms with Gasteiger partial charge in [-0.3, -0.25) is 4.55 Å². The van der Waals surface area contributed by atoms with Crippen LogP contribution in [0, 0.1) is 0 Å². The molecule has 0 unspecified atom stereocenters. The van der Waals surface area contributed by atoms with Gasteiger partial charge in [-0.2, -0.15) is 8.42 Å².